The second kappa shape index (κ2) is 6.70. The third-order valence-corrected chi connectivity index (χ3v) is 5.53. The summed E-state index contributed by atoms with van der Waals surface area (Å²) in [6, 6.07) is 19.5. The summed E-state index contributed by atoms with van der Waals surface area (Å²) >= 11 is 0. The van der Waals surface area contributed by atoms with E-state index in [0.717, 1.165) is 38.7 Å². The van der Waals surface area contributed by atoms with Crippen molar-refractivity contribution in [1.29, 1.82) is 0 Å². The van der Waals surface area contributed by atoms with E-state index in [1.54, 1.807) is 18.5 Å². The summed E-state index contributed by atoms with van der Waals surface area (Å²) in [5.74, 6) is 1.52. The maximum absolute atomic E-state index is 12.3. The lowest BCUT2D eigenvalue weighted by Gasteiger charge is -2.19. The summed E-state index contributed by atoms with van der Waals surface area (Å²) in [4.78, 5) is 20.2. The van der Waals surface area contributed by atoms with Crippen LogP contribution in [0.5, 0.6) is 11.5 Å². The standard InChI is InChI=1S/C26H22N2O2/c1-26(2,3)17-6-8-18(9-7-17)30-22-13-15-28-25-20(22)11-5-16-4-10-19-21(29)12-14-27-24(19)23(16)25/h4-15H,1-3H3,(H,27,29). The Morgan fingerprint density at radius 3 is 2.33 bits per heavy atom. The summed E-state index contributed by atoms with van der Waals surface area (Å²) in [6.07, 6.45) is 3.43. The van der Waals surface area contributed by atoms with Gasteiger partial charge in [-0.3, -0.25) is 9.78 Å². The van der Waals surface area contributed by atoms with Crippen LogP contribution in [-0.4, -0.2) is 9.97 Å². The van der Waals surface area contributed by atoms with Crippen LogP contribution in [0.2, 0.25) is 0 Å². The van der Waals surface area contributed by atoms with Gasteiger partial charge in [-0.1, -0.05) is 45.0 Å². The van der Waals surface area contributed by atoms with Gasteiger partial charge in [0, 0.05) is 34.6 Å². The highest BCUT2D eigenvalue weighted by Crippen LogP contribution is 2.35. The van der Waals surface area contributed by atoms with Crippen molar-refractivity contribution in [3.8, 4) is 11.5 Å². The van der Waals surface area contributed by atoms with Crippen molar-refractivity contribution in [1.82, 2.24) is 9.97 Å². The Bertz CT molecular complexity index is 1460. The number of aromatic nitrogens is 2. The number of hydrogen-bond donors (Lipinski definition) is 1. The molecule has 3 aromatic carbocycles. The van der Waals surface area contributed by atoms with Crippen molar-refractivity contribution in [2.45, 2.75) is 26.2 Å². The van der Waals surface area contributed by atoms with E-state index in [9.17, 15) is 4.79 Å². The molecular weight excluding hydrogens is 372 g/mol. The molecule has 0 atom stereocenters. The second-order valence-electron chi connectivity index (χ2n) is 8.58. The van der Waals surface area contributed by atoms with Gasteiger partial charge in [0.15, 0.2) is 5.43 Å². The van der Waals surface area contributed by atoms with Gasteiger partial charge in [-0.25, -0.2) is 0 Å². The van der Waals surface area contributed by atoms with Crippen LogP contribution < -0.4 is 10.2 Å². The highest BCUT2D eigenvalue weighted by molar-refractivity contribution is 6.18. The second-order valence-corrected chi connectivity index (χ2v) is 8.58. The summed E-state index contributed by atoms with van der Waals surface area (Å²) in [7, 11) is 0. The molecule has 0 saturated heterocycles. The molecule has 0 radical (unpaired) electrons. The zero-order valence-corrected chi connectivity index (χ0v) is 17.2. The number of aromatic amines is 1. The number of rotatable bonds is 2. The first kappa shape index (κ1) is 18.4. The van der Waals surface area contributed by atoms with E-state index in [-0.39, 0.29) is 10.8 Å². The maximum Gasteiger partial charge on any atom is 0.189 e. The van der Waals surface area contributed by atoms with Crippen LogP contribution in [0.25, 0.3) is 32.6 Å². The number of H-pyrrole nitrogens is 1. The zero-order valence-electron chi connectivity index (χ0n) is 17.2. The average Bonchev–Trinajstić information content (AvgIpc) is 2.73. The van der Waals surface area contributed by atoms with Crippen LogP contribution in [0.1, 0.15) is 26.3 Å². The van der Waals surface area contributed by atoms with Gasteiger partial charge < -0.3 is 9.72 Å². The first-order chi connectivity index (χ1) is 14.4. The van der Waals surface area contributed by atoms with Crippen LogP contribution in [0, 0.1) is 0 Å². The van der Waals surface area contributed by atoms with Gasteiger partial charge in [0.25, 0.3) is 0 Å². The minimum absolute atomic E-state index is 0.00556. The molecule has 0 unspecified atom stereocenters. The molecule has 5 aromatic rings. The van der Waals surface area contributed by atoms with Crippen molar-refractivity contribution >= 4 is 32.6 Å². The Morgan fingerprint density at radius 1 is 0.867 bits per heavy atom. The third-order valence-electron chi connectivity index (χ3n) is 5.53. The minimum atomic E-state index is -0.00556. The number of nitrogens with zero attached hydrogens (tertiary/aromatic N) is 1. The molecule has 0 fully saturated rings. The Hall–Kier alpha value is -3.66. The third kappa shape index (κ3) is 3.01. The zero-order chi connectivity index (χ0) is 20.9. The van der Waals surface area contributed by atoms with Crippen LogP contribution in [0.4, 0.5) is 0 Å². The number of pyridine rings is 2. The molecular formula is C26H22N2O2. The molecule has 1 N–H and O–H groups in total. The lowest BCUT2D eigenvalue weighted by molar-refractivity contribution is 0.486. The summed E-state index contributed by atoms with van der Waals surface area (Å²) < 4.78 is 6.23. The molecule has 4 nitrogen and oxygen atoms in total. The maximum atomic E-state index is 12.3. The quantitative estimate of drug-likeness (QED) is 0.357. The molecule has 0 aliphatic heterocycles. The monoisotopic (exact) mass is 394 g/mol. The van der Waals surface area contributed by atoms with Crippen molar-refractivity contribution in [3.63, 3.8) is 0 Å². The van der Waals surface area contributed by atoms with E-state index >= 15 is 0 Å². The number of hydrogen-bond acceptors (Lipinski definition) is 3. The first-order valence-electron chi connectivity index (χ1n) is 10.0. The lowest BCUT2D eigenvalue weighted by Crippen LogP contribution is -2.10. The van der Waals surface area contributed by atoms with Crippen molar-refractivity contribution in [3.05, 3.63) is 88.8 Å². The van der Waals surface area contributed by atoms with E-state index in [1.165, 1.54) is 5.56 Å². The van der Waals surface area contributed by atoms with Gasteiger partial charge in [-0.15, -0.1) is 0 Å². The Balaban J connectivity index is 1.68. The largest absolute Gasteiger partial charge is 0.457 e. The van der Waals surface area contributed by atoms with Crippen LogP contribution in [0.3, 0.4) is 0 Å². The van der Waals surface area contributed by atoms with Gasteiger partial charge in [-0.2, -0.15) is 0 Å². The fraction of sp³-hybridized carbons (Fsp3) is 0.154. The fourth-order valence-corrected chi connectivity index (χ4v) is 3.89. The Kier molecular flexibility index (Phi) is 4.10. The molecule has 0 saturated carbocycles. The number of fused-ring (bicyclic) bond motifs is 5. The molecule has 5 rings (SSSR count). The molecule has 4 heteroatoms. The van der Waals surface area contributed by atoms with E-state index < -0.39 is 0 Å². The highest BCUT2D eigenvalue weighted by atomic mass is 16.5. The van der Waals surface area contributed by atoms with E-state index in [1.807, 2.05) is 42.5 Å². The Labute approximate surface area is 174 Å². The van der Waals surface area contributed by atoms with Gasteiger partial charge in [0.1, 0.15) is 11.5 Å². The molecule has 0 aliphatic carbocycles. The molecule has 148 valence electrons. The SMILES string of the molecule is CC(C)(C)c1ccc(Oc2ccnc3c2ccc2ccc4c(=O)cc[nH]c4c23)cc1. The van der Waals surface area contributed by atoms with Crippen LogP contribution >= 0.6 is 0 Å². The Morgan fingerprint density at radius 2 is 1.60 bits per heavy atom. The molecule has 0 bridgehead atoms. The number of nitrogens with one attached hydrogen (secondary N) is 1. The van der Waals surface area contributed by atoms with Gasteiger partial charge in [0.2, 0.25) is 0 Å². The van der Waals surface area contributed by atoms with Crippen molar-refractivity contribution in [2.24, 2.45) is 0 Å². The predicted octanol–water partition coefficient (Wildman–Crippen LogP) is 6.32. The summed E-state index contributed by atoms with van der Waals surface area (Å²) in [6.45, 7) is 6.58. The summed E-state index contributed by atoms with van der Waals surface area (Å²) in [5.41, 5.74) is 2.96. The topological polar surface area (TPSA) is 55.0 Å². The van der Waals surface area contributed by atoms with Gasteiger partial charge >= 0.3 is 0 Å². The lowest BCUT2D eigenvalue weighted by atomic mass is 9.87. The van der Waals surface area contributed by atoms with Gasteiger partial charge in [-0.05, 0) is 46.7 Å². The molecule has 2 heterocycles. The molecule has 30 heavy (non-hydrogen) atoms. The smallest absolute Gasteiger partial charge is 0.189 e. The highest BCUT2D eigenvalue weighted by Gasteiger charge is 2.14. The molecule has 0 amide bonds. The fourth-order valence-electron chi connectivity index (χ4n) is 3.89. The van der Waals surface area contributed by atoms with E-state index in [4.69, 9.17) is 4.74 Å². The van der Waals surface area contributed by atoms with Gasteiger partial charge in [0.05, 0.1) is 11.0 Å². The first-order valence-corrected chi connectivity index (χ1v) is 10.0. The molecule has 0 aliphatic rings. The van der Waals surface area contributed by atoms with Crippen LogP contribution in [-0.2, 0) is 5.41 Å². The van der Waals surface area contributed by atoms with E-state index in [0.29, 0.717) is 5.39 Å². The van der Waals surface area contributed by atoms with Crippen molar-refractivity contribution in [2.75, 3.05) is 0 Å². The van der Waals surface area contributed by atoms with Crippen LogP contribution in [0.15, 0.2) is 77.9 Å². The summed E-state index contributed by atoms with van der Waals surface area (Å²) in [5, 5.41) is 3.51. The minimum Gasteiger partial charge on any atom is -0.457 e. The number of benzene rings is 3. The molecule has 0 spiro atoms. The number of ether oxygens (including phenoxy) is 1. The predicted molar refractivity (Wildman–Crippen MR) is 123 cm³/mol. The van der Waals surface area contributed by atoms with E-state index in [2.05, 4.69) is 42.9 Å². The average molecular weight is 394 g/mol. The normalized spacial score (nSPS) is 12.0. The molecule has 2 aromatic heterocycles. The van der Waals surface area contributed by atoms with Crippen molar-refractivity contribution < 1.29 is 4.74 Å².